The monoisotopic (exact) mass is 277 g/mol. The zero-order chi connectivity index (χ0) is 14.9. The summed E-state index contributed by atoms with van der Waals surface area (Å²) in [6, 6.07) is 3.46. The molecule has 2 rings (SSSR count). The number of likely N-dealkylation sites (N-methyl/N-ethyl adjacent to an activating group) is 1. The Bertz CT molecular complexity index is 455. The summed E-state index contributed by atoms with van der Waals surface area (Å²) in [5.74, 6) is 1.04. The number of pyridine rings is 1. The predicted molar refractivity (Wildman–Crippen MR) is 77.6 cm³/mol. The third-order valence-corrected chi connectivity index (χ3v) is 4.11. The van der Waals surface area contributed by atoms with Crippen molar-refractivity contribution in [2.45, 2.75) is 19.9 Å². The lowest BCUT2D eigenvalue weighted by Crippen LogP contribution is -2.37. The van der Waals surface area contributed by atoms with E-state index in [9.17, 15) is 9.90 Å². The largest absolute Gasteiger partial charge is 0.506 e. The molecule has 0 radical (unpaired) electrons. The second-order valence-corrected chi connectivity index (χ2v) is 6.05. The van der Waals surface area contributed by atoms with Gasteiger partial charge >= 0.3 is 0 Å². The molecule has 0 spiro atoms. The standard InChI is InChI=1S/C15H23N3O2/c1-10(2)12-8-18(9-14(12)17(3)4)15(20)13-6-5-11(19)7-16-13/h5-7,10,12,14,19H,8-9H2,1-4H3. The van der Waals surface area contributed by atoms with Crippen molar-refractivity contribution >= 4 is 5.91 Å². The third kappa shape index (κ3) is 2.93. The van der Waals surface area contributed by atoms with E-state index in [4.69, 9.17) is 0 Å². The number of nitrogens with zero attached hydrogens (tertiary/aromatic N) is 3. The van der Waals surface area contributed by atoms with Crippen molar-refractivity contribution in [2.24, 2.45) is 11.8 Å². The van der Waals surface area contributed by atoms with Gasteiger partial charge < -0.3 is 14.9 Å². The van der Waals surface area contributed by atoms with Crippen molar-refractivity contribution in [1.29, 1.82) is 0 Å². The van der Waals surface area contributed by atoms with E-state index in [1.54, 1.807) is 6.07 Å². The summed E-state index contributed by atoms with van der Waals surface area (Å²) in [6.45, 7) is 5.90. The summed E-state index contributed by atoms with van der Waals surface area (Å²) in [4.78, 5) is 20.5. The fourth-order valence-electron chi connectivity index (χ4n) is 2.85. The Morgan fingerprint density at radius 2 is 2.10 bits per heavy atom. The molecule has 2 heterocycles. The first kappa shape index (κ1) is 14.8. The molecule has 5 heteroatoms. The van der Waals surface area contributed by atoms with Crippen LogP contribution in [-0.4, -0.2) is 59.0 Å². The number of amides is 1. The summed E-state index contributed by atoms with van der Waals surface area (Å²) >= 11 is 0. The molecule has 1 saturated heterocycles. The van der Waals surface area contributed by atoms with E-state index < -0.39 is 0 Å². The van der Waals surface area contributed by atoms with Crippen molar-refractivity contribution in [3.63, 3.8) is 0 Å². The quantitative estimate of drug-likeness (QED) is 0.908. The van der Waals surface area contributed by atoms with Gasteiger partial charge in [0.2, 0.25) is 0 Å². The fourth-order valence-corrected chi connectivity index (χ4v) is 2.85. The van der Waals surface area contributed by atoms with E-state index in [2.05, 4.69) is 37.8 Å². The van der Waals surface area contributed by atoms with Crippen molar-refractivity contribution < 1.29 is 9.90 Å². The van der Waals surface area contributed by atoms with Gasteiger partial charge in [0.15, 0.2) is 0 Å². The van der Waals surface area contributed by atoms with Gasteiger partial charge in [-0.3, -0.25) is 4.79 Å². The molecule has 110 valence electrons. The van der Waals surface area contributed by atoms with Crippen LogP contribution < -0.4 is 0 Å². The first-order valence-corrected chi connectivity index (χ1v) is 7.01. The minimum Gasteiger partial charge on any atom is -0.506 e. The van der Waals surface area contributed by atoms with Crippen LogP contribution in [0.2, 0.25) is 0 Å². The van der Waals surface area contributed by atoms with Gasteiger partial charge in [0.25, 0.3) is 5.91 Å². The molecule has 5 nitrogen and oxygen atoms in total. The lowest BCUT2D eigenvalue weighted by molar-refractivity contribution is 0.0774. The molecule has 1 aromatic rings. The van der Waals surface area contributed by atoms with Crippen molar-refractivity contribution in [2.75, 3.05) is 27.2 Å². The molecule has 2 atom stereocenters. The maximum atomic E-state index is 12.5. The third-order valence-electron chi connectivity index (χ3n) is 4.11. The van der Waals surface area contributed by atoms with Crippen LogP contribution in [0.5, 0.6) is 5.75 Å². The number of aromatic hydroxyl groups is 1. The first-order valence-electron chi connectivity index (χ1n) is 7.01. The van der Waals surface area contributed by atoms with Crippen LogP contribution in [0.15, 0.2) is 18.3 Å². The van der Waals surface area contributed by atoms with E-state index >= 15 is 0 Å². The predicted octanol–water partition coefficient (Wildman–Crippen LogP) is 1.45. The average Bonchev–Trinajstić information content (AvgIpc) is 2.84. The molecule has 1 aliphatic heterocycles. The molecule has 1 fully saturated rings. The normalized spacial score (nSPS) is 22.8. The lowest BCUT2D eigenvalue weighted by Gasteiger charge is -2.27. The molecule has 1 aliphatic rings. The molecular formula is C15H23N3O2. The van der Waals surface area contributed by atoms with Crippen LogP contribution in [0, 0.1) is 11.8 Å². The van der Waals surface area contributed by atoms with E-state index in [-0.39, 0.29) is 11.7 Å². The van der Waals surface area contributed by atoms with Crippen LogP contribution in [0.1, 0.15) is 24.3 Å². The highest BCUT2D eigenvalue weighted by molar-refractivity contribution is 5.92. The Hall–Kier alpha value is -1.62. The summed E-state index contributed by atoms with van der Waals surface area (Å²) in [5.41, 5.74) is 0.393. The number of hydrogen-bond acceptors (Lipinski definition) is 4. The number of carbonyl (C=O) groups excluding carboxylic acids is 1. The van der Waals surface area contributed by atoms with Crippen LogP contribution in [0.25, 0.3) is 0 Å². The van der Waals surface area contributed by atoms with Gasteiger partial charge in [-0.2, -0.15) is 0 Å². The smallest absolute Gasteiger partial charge is 0.272 e. The van der Waals surface area contributed by atoms with Gasteiger partial charge in [-0.05, 0) is 38.1 Å². The molecule has 0 aliphatic carbocycles. The van der Waals surface area contributed by atoms with Crippen LogP contribution >= 0.6 is 0 Å². The van der Waals surface area contributed by atoms with Gasteiger partial charge in [-0.15, -0.1) is 0 Å². The summed E-state index contributed by atoms with van der Waals surface area (Å²) in [6.07, 6.45) is 1.31. The van der Waals surface area contributed by atoms with Crippen molar-refractivity contribution in [3.8, 4) is 5.75 Å². The summed E-state index contributed by atoms with van der Waals surface area (Å²) in [5, 5.41) is 9.24. The molecule has 0 saturated carbocycles. The number of hydrogen-bond donors (Lipinski definition) is 1. The molecule has 20 heavy (non-hydrogen) atoms. The molecule has 0 aromatic carbocycles. The minimum absolute atomic E-state index is 0.0556. The van der Waals surface area contributed by atoms with Crippen LogP contribution in [-0.2, 0) is 0 Å². The zero-order valence-corrected chi connectivity index (χ0v) is 12.6. The molecule has 1 aromatic heterocycles. The second-order valence-electron chi connectivity index (χ2n) is 6.05. The van der Waals surface area contributed by atoms with E-state index in [1.807, 2.05) is 4.90 Å². The number of rotatable bonds is 3. The minimum atomic E-state index is -0.0556. The summed E-state index contributed by atoms with van der Waals surface area (Å²) in [7, 11) is 4.12. The fraction of sp³-hybridized carbons (Fsp3) is 0.600. The number of likely N-dealkylation sites (tertiary alicyclic amines) is 1. The van der Waals surface area contributed by atoms with E-state index in [1.165, 1.54) is 12.3 Å². The molecular weight excluding hydrogens is 254 g/mol. The SMILES string of the molecule is CC(C)C1CN(C(=O)c2ccc(O)cn2)CC1N(C)C. The molecule has 0 bridgehead atoms. The van der Waals surface area contributed by atoms with Crippen molar-refractivity contribution in [1.82, 2.24) is 14.8 Å². The van der Waals surface area contributed by atoms with Crippen molar-refractivity contribution in [3.05, 3.63) is 24.0 Å². The van der Waals surface area contributed by atoms with E-state index in [0.717, 1.165) is 13.1 Å². The Kier molecular flexibility index (Phi) is 4.28. The number of aromatic nitrogens is 1. The number of carbonyl (C=O) groups is 1. The van der Waals surface area contributed by atoms with Crippen LogP contribution in [0.3, 0.4) is 0 Å². The first-order chi connectivity index (χ1) is 9.40. The average molecular weight is 277 g/mol. The molecule has 1 N–H and O–H groups in total. The van der Waals surface area contributed by atoms with Gasteiger partial charge in [-0.25, -0.2) is 4.98 Å². The Balaban J connectivity index is 2.14. The van der Waals surface area contributed by atoms with Crippen LogP contribution in [0.4, 0.5) is 0 Å². The zero-order valence-electron chi connectivity index (χ0n) is 12.6. The van der Waals surface area contributed by atoms with E-state index in [0.29, 0.717) is 23.6 Å². The Morgan fingerprint density at radius 3 is 2.55 bits per heavy atom. The lowest BCUT2D eigenvalue weighted by atomic mass is 9.91. The van der Waals surface area contributed by atoms with Gasteiger partial charge in [0.05, 0.1) is 6.20 Å². The summed E-state index contributed by atoms with van der Waals surface area (Å²) < 4.78 is 0. The highest BCUT2D eigenvalue weighted by Crippen LogP contribution is 2.28. The maximum absolute atomic E-state index is 12.5. The Labute approximate surface area is 120 Å². The highest BCUT2D eigenvalue weighted by Gasteiger charge is 2.38. The van der Waals surface area contributed by atoms with Gasteiger partial charge in [0.1, 0.15) is 11.4 Å². The van der Waals surface area contributed by atoms with Gasteiger partial charge in [0, 0.05) is 19.1 Å². The molecule has 2 unspecified atom stereocenters. The molecule has 1 amide bonds. The topological polar surface area (TPSA) is 56.7 Å². The van der Waals surface area contributed by atoms with Gasteiger partial charge in [-0.1, -0.05) is 13.8 Å². The maximum Gasteiger partial charge on any atom is 0.272 e. The Morgan fingerprint density at radius 1 is 1.40 bits per heavy atom. The highest BCUT2D eigenvalue weighted by atomic mass is 16.3. The second kappa shape index (κ2) is 5.79.